The van der Waals surface area contributed by atoms with E-state index in [-0.39, 0.29) is 11.8 Å². The Morgan fingerprint density at radius 2 is 1.79 bits per heavy atom. The van der Waals surface area contributed by atoms with Crippen LogP contribution in [-0.2, 0) is 0 Å². The van der Waals surface area contributed by atoms with Crippen molar-refractivity contribution in [1.82, 2.24) is 0 Å². The quantitative estimate of drug-likeness (QED) is 0.674. The molecule has 0 spiro atoms. The number of carbonyl (C=O) groups is 1. The molecule has 1 aromatic carbocycles. The van der Waals surface area contributed by atoms with Crippen LogP contribution in [0, 0.1) is 22.9 Å². The Morgan fingerprint density at radius 3 is 2.32 bits per heavy atom. The van der Waals surface area contributed by atoms with Crippen LogP contribution in [0.1, 0.15) is 44.0 Å². The van der Waals surface area contributed by atoms with Crippen molar-refractivity contribution >= 4 is 5.78 Å². The van der Waals surface area contributed by atoms with Crippen LogP contribution < -0.4 is 5.73 Å². The van der Waals surface area contributed by atoms with Crippen LogP contribution in [0.25, 0.3) is 0 Å². The van der Waals surface area contributed by atoms with E-state index in [0.717, 1.165) is 12.1 Å². The number of halogens is 3. The first-order valence-electron chi connectivity index (χ1n) is 6.04. The molecule has 0 saturated carbocycles. The fourth-order valence-electron chi connectivity index (χ4n) is 1.95. The van der Waals surface area contributed by atoms with Gasteiger partial charge in [-0.05, 0) is 24.0 Å². The van der Waals surface area contributed by atoms with Gasteiger partial charge in [0, 0.05) is 12.5 Å². The van der Waals surface area contributed by atoms with Gasteiger partial charge in [-0.1, -0.05) is 20.8 Å². The molecular formula is C14H18F3NO. The topological polar surface area (TPSA) is 43.1 Å². The van der Waals surface area contributed by atoms with Crippen molar-refractivity contribution < 1.29 is 18.0 Å². The standard InChI is InChI=1S/C14H18F3NO/c1-14(2,3)7-8(18)6-11(19)9-4-5-10(15)13(17)12(9)16/h4-5,8H,6-7,18H2,1-3H3. The molecule has 0 amide bonds. The van der Waals surface area contributed by atoms with Gasteiger partial charge in [-0.3, -0.25) is 4.79 Å². The number of Topliss-reactive ketones (excluding diaryl/α,β-unsaturated/α-hetero) is 1. The third-order valence-corrected chi connectivity index (χ3v) is 2.66. The van der Waals surface area contributed by atoms with E-state index in [1.807, 2.05) is 20.8 Å². The maximum Gasteiger partial charge on any atom is 0.195 e. The monoisotopic (exact) mass is 273 g/mol. The largest absolute Gasteiger partial charge is 0.327 e. The lowest BCUT2D eigenvalue weighted by Crippen LogP contribution is -2.29. The molecule has 0 fully saturated rings. The van der Waals surface area contributed by atoms with Crippen LogP contribution in [0.4, 0.5) is 13.2 Å². The number of benzene rings is 1. The van der Waals surface area contributed by atoms with Gasteiger partial charge in [-0.2, -0.15) is 0 Å². The molecule has 1 atom stereocenters. The number of nitrogens with two attached hydrogens (primary N) is 1. The second-order valence-corrected chi connectivity index (χ2v) is 5.88. The van der Waals surface area contributed by atoms with Gasteiger partial charge in [0.15, 0.2) is 23.2 Å². The summed E-state index contributed by atoms with van der Waals surface area (Å²) < 4.78 is 39.2. The lowest BCUT2D eigenvalue weighted by molar-refractivity contribution is 0.0963. The summed E-state index contributed by atoms with van der Waals surface area (Å²) in [7, 11) is 0. The first kappa shape index (κ1) is 15.7. The molecule has 106 valence electrons. The van der Waals surface area contributed by atoms with E-state index in [9.17, 15) is 18.0 Å². The van der Waals surface area contributed by atoms with Crippen LogP contribution >= 0.6 is 0 Å². The summed E-state index contributed by atoms with van der Waals surface area (Å²) in [5.41, 5.74) is 5.29. The summed E-state index contributed by atoms with van der Waals surface area (Å²) in [4.78, 5) is 11.8. The second-order valence-electron chi connectivity index (χ2n) is 5.88. The van der Waals surface area contributed by atoms with E-state index in [1.54, 1.807) is 0 Å². The zero-order valence-electron chi connectivity index (χ0n) is 11.3. The number of hydrogen-bond donors (Lipinski definition) is 1. The fourth-order valence-corrected chi connectivity index (χ4v) is 1.95. The molecular weight excluding hydrogens is 255 g/mol. The average molecular weight is 273 g/mol. The molecule has 0 bridgehead atoms. The normalized spacial score (nSPS) is 13.4. The third kappa shape index (κ3) is 4.35. The second kappa shape index (κ2) is 5.74. The van der Waals surface area contributed by atoms with Gasteiger partial charge in [0.2, 0.25) is 0 Å². The van der Waals surface area contributed by atoms with Crippen molar-refractivity contribution in [3.05, 3.63) is 35.1 Å². The first-order chi connectivity index (χ1) is 8.61. The minimum atomic E-state index is -1.63. The summed E-state index contributed by atoms with van der Waals surface area (Å²) in [6, 6.07) is 1.24. The molecule has 0 aliphatic carbocycles. The Labute approximate surface area is 110 Å². The third-order valence-electron chi connectivity index (χ3n) is 2.66. The van der Waals surface area contributed by atoms with Crippen LogP contribution in [0.3, 0.4) is 0 Å². The Morgan fingerprint density at radius 1 is 1.21 bits per heavy atom. The van der Waals surface area contributed by atoms with Crippen molar-refractivity contribution in [3.63, 3.8) is 0 Å². The first-order valence-corrected chi connectivity index (χ1v) is 6.04. The molecule has 0 saturated heterocycles. The van der Waals surface area contributed by atoms with E-state index in [4.69, 9.17) is 5.73 Å². The smallest absolute Gasteiger partial charge is 0.195 e. The number of rotatable bonds is 4. The van der Waals surface area contributed by atoms with Gasteiger partial charge < -0.3 is 5.73 Å². The predicted octanol–water partition coefficient (Wildman–Crippen LogP) is 3.44. The molecule has 0 aliphatic heterocycles. The highest BCUT2D eigenvalue weighted by molar-refractivity contribution is 5.96. The minimum Gasteiger partial charge on any atom is -0.327 e. The van der Waals surface area contributed by atoms with E-state index < -0.39 is 34.8 Å². The van der Waals surface area contributed by atoms with Gasteiger partial charge in [0.05, 0.1) is 5.56 Å². The number of hydrogen-bond acceptors (Lipinski definition) is 2. The summed E-state index contributed by atoms with van der Waals surface area (Å²) in [5.74, 6) is -5.01. The van der Waals surface area contributed by atoms with Gasteiger partial charge >= 0.3 is 0 Å². The fraction of sp³-hybridized carbons (Fsp3) is 0.500. The lowest BCUT2D eigenvalue weighted by atomic mass is 9.86. The molecule has 2 N–H and O–H groups in total. The molecule has 1 aromatic rings. The van der Waals surface area contributed by atoms with E-state index in [2.05, 4.69) is 0 Å². The van der Waals surface area contributed by atoms with Crippen molar-refractivity contribution in [2.45, 2.75) is 39.7 Å². The minimum absolute atomic E-state index is 0.0632. The molecule has 0 aromatic heterocycles. The average Bonchev–Trinajstić information content (AvgIpc) is 2.23. The van der Waals surface area contributed by atoms with Gasteiger partial charge in [-0.25, -0.2) is 13.2 Å². The lowest BCUT2D eigenvalue weighted by Gasteiger charge is -2.22. The zero-order valence-corrected chi connectivity index (χ0v) is 11.3. The SMILES string of the molecule is CC(C)(C)CC(N)CC(=O)c1ccc(F)c(F)c1F. The predicted molar refractivity (Wildman–Crippen MR) is 67.3 cm³/mol. The molecule has 1 rings (SSSR count). The highest BCUT2D eigenvalue weighted by Gasteiger charge is 2.22. The Balaban J connectivity index is 2.82. The summed E-state index contributed by atoms with van der Waals surface area (Å²) in [6.07, 6.45) is 0.475. The summed E-state index contributed by atoms with van der Waals surface area (Å²) >= 11 is 0. The Bertz CT molecular complexity index is 480. The Kier molecular flexibility index (Phi) is 4.74. The van der Waals surface area contributed by atoms with Crippen LogP contribution in [0.2, 0.25) is 0 Å². The van der Waals surface area contributed by atoms with E-state index >= 15 is 0 Å². The van der Waals surface area contributed by atoms with Crippen LogP contribution in [0.15, 0.2) is 12.1 Å². The Hall–Kier alpha value is -1.36. The number of carbonyl (C=O) groups excluding carboxylic acids is 1. The molecule has 0 aliphatic rings. The highest BCUT2D eigenvalue weighted by Crippen LogP contribution is 2.23. The number of ketones is 1. The maximum atomic E-state index is 13.4. The molecule has 2 nitrogen and oxygen atoms in total. The van der Waals surface area contributed by atoms with Gasteiger partial charge in [0.25, 0.3) is 0 Å². The summed E-state index contributed by atoms with van der Waals surface area (Å²) in [6.45, 7) is 5.90. The van der Waals surface area contributed by atoms with Crippen molar-refractivity contribution in [2.75, 3.05) is 0 Å². The molecule has 0 radical (unpaired) electrons. The van der Waals surface area contributed by atoms with Gasteiger partial charge in [0.1, 0.15) is 0 Å². The summed E-state index contributed by atoms with van der Waals surface area (Å²) in [5, 5.41) is 0. The van der Waals surface area contributed by atoms with Crippen molar-refractivity contribution in [3.8, 4) is 0 Å². The van der Waals surface area contributed by atoms with Crippen molar-refractivity contribution in [1.29, 1.82) is 0 Å². The molecule has 1 unspecified atom stereocenters. The van der Waals surface area contributed by atoms with E-state index in [1.165, 1.54) is 0 Å². The van der Waals surface area contributed by atoms with Crippen molar-refractivity contribution in [2.24, 2.45) is 11.1 Å². The molecule has 19 heavy (non-hydrogen) atoms. The van der Waals surface area contributed by atoms with E-state index in [0.29, 0.717) is 6.42 Å². The molecule has 0 heterocycles. The highest BCUT2D eigenvalue weighted by atomic mass is 19.2. The maximum absolute atomic E-state index is 13.4. The zero-order chi connectivity index (χ0) is 14.8. The molecule has 5 heteroatoms. The van der Waals surface area contributed by atoms with Crippen LogP contribution in [-0.4, -0.2) is 11.8 Å². The van der Waals surface area contributed by atoms with Gasteiger partial charge in [-0.15, -0.1) is 0 Å². The van der Waals surface area contributed by atoms with Crippen LogP contribution in [0.5, 0.6) is 0 Å².